The van der Waals surface area contributed by atoms with Crippen molar-refractivity contribution >= 4 is 34.6 Å². The zero-order valence-electron chi connectivity index (χ0n) is 15.8. The zero-order chi connectivity index (χ0) is 20.1. The molecule has 0 saturated heterocycles. The Balaban J connectivity index is 1.52. The number of para-hydroxylation sites is 1. The third-order valence-corrected chi connectivity index (χ3v) is 5.09. The molecule has 4 nitrogen and oxygen atoms in total. The quantitative estimate of drug-likeness (QED) is 0.357. The number of hydrogen-bond donors (Lipinski definition) is 1. The molecule has 1 amide bonds. The van der Waals surface area contributed by atoms with Crippen LogP contribution in [0.3, 0.4) is 0 Å². The highest BCUT2D eigenvalue weighted by Gasteiger charge is 2.09. The van der Waals surface area contributed by atoms with E-state index in [2.05, 4.69) is 21.2 Å². The van der Waals surface area contributed by atoms with Crippen LogP contribution >= 0.6 is 11.6 Å². The highest BCUT2D eigenvalue weighted by molar-refractivity contribution is 6.31. The molecule has 1 N–H and O–H groups in total. The van der Waals surface area contributed by atoms with Crippen LogP contribution in [0.5, 0.6) is 0 Å². The van der Waals surface area contributed by atoms with Crippen molar-refractivity contribution < 1.29 is 4.79 Å². The molecular formula is C24H20ClN3O. The summed E-state index contributed by atoms with van der Waals surface area (Å²) in [5.41, 5.74) is 6.64. The number of aromatic nitrogens is 1. The van der Waals surface area contributed by atoms with Crippen molar-refractivity contribution in [1.82, 2.24) is 9.99 Å². The maximum Gasteiger partial charge on any atom is 0.244 e. The number of rotatable bonds is 6. The smallest absolute Gasteiger partial charge is 0.244 e. The summed E-state index contributed by atoms with van der Waals surface area (Å²) in [6.45, 7) is 0.661. The van der Waals surface area contributed by atoms with Crippen molar-refractivity contribution in [2.24, 2.45) is 5.10 Å². The maximum atomic E-state index is 12.1. The summed E-state index contributed by atoms with van der Waals surface area (Å²) in [5, 5.41) is 5.98. The number of halogens is 1. The van der Waals surface area contributed by atoms with Crippen LogP contribution in [0.2, 0.25) is 5.02 Å². The second kappa shape index (κ2) is 8.76. The summed E-state index contributed by atoms with van der Waals surface area (Å²) >= 11 is 6.33. The van der Waals surface area contributed by atoms with Crippen LogP contribution in [-0.4, -0.2) is 16.7 Å². The highest BCUT2D eigenvalue weighted by atomic mass is 35.5. The maximum absolute atomic E-state index is 12.1. The van der Waals surface area contributed by atoms with Crippen molar-refractivity contribution in [2.75, 3.05) is 0 Å². The molecular weight excluding hydrogens is 382 g/mol. The van der Waals surface area contributed by atoms with Gasteiger partial charge in [0.1, 0.15) is 0 Å². The van der Waals surface area contributed by atoms with Gasteiger partial charge in [-0.05, 0) is 23.3 Å². The Bertz CT molecular complexity index is 1170. The summed E-state index contributed by atoms with van der Waals surface area (Å²) in [4.78, 5) is 12.1. The van der Waals surface area contributed by atoms with Crippen LogP contribution in [0.1, 0.15) is 16.7 Å². The molecule has 0 saturated carbocycles. The van der Waals surface area contributed by atoms with E-state index in [0.29, 0.717) is 13.0 Å². The Morgan fingerprint density at radius 1 is 0.966 bits per heavy atom. The summed E-state index contributed by atoms with van der Waals surface area (Å²) in [5.74, 6) is -0.146. The number of nitrogens with zero attached hydrogens (tertiary/aromatic N) is 2. The van der Waals surface area contributed by atoms with E-state index in [1.54, 1.807) is 6.21 Å². The van der Waals surface area contributed by atoms with Gasteiger partial charge in [-0.3, -0.25) is 4.79 Å². The van der Waals surface area contributed by atoms with E-state index in [1.165, 1.54) is 0 Å². The number of hydrazone groups is 1. The predicted octanol–water partition coefficient (Wildman–Crippen LogP) is 5.04. The highest BCUT2D eigenvalue weighted by Crippen LogP contribution is 2.23. The number of benzene rings is 3. The number of amides is 1. The van der Waals surface area contributed by atoms with E-state index in [1.807, 2.05) is 79.0 Å². The van der Waals surface area contributed by atoms with Gasteiger partial charge in [0.25, 0.3) is 0 Å². The number of carbonyl (C=O) groups excluding carboxylic acids is 1. The van der Waals surface area contributed by atoms with Crippen LogP contribution in [-0.2, 0) is 17.8 Å². The Labute approximate surface area is 174 Å². The monoisotopic (exact) mass is 401 g/mol. The van der Waals surface area contributed by atoms with Crippen LogP contribution in [0.15, 0.2) is 90.2 Å². The second-order valence-electron chi connectivity index (χ2n) is 6.78. The molecule has 0 radical (unpaired) electrons. The van der Waals surface area contributed by atoms with E-state index < -0.39 is 0 Å². The lowest BCUT2D eigenvalue weighted by Gasteiger charge is -2.07. The van der Waals surface area contributed by atoms with Gasteiger partial charge in [0.15, 0.2) is 0 Å². The first-order chi connectivity index (χ1) is 14.2. The van der Waals surface area contributed by atoms with E-state index in [-0.39, 0.29) is 5.91 Å². The van der Waals surface area contributed by atoms with Gasteiger partial charge in [-0.25, -0.2) is 5.43 Å². The first-order valence-electron chi connectivity index (χ1n) is 9.38. The minimum atomic E-state index is -0.146. The van der Waals surface area contributed by atoms with Crippen molar-refractivity contribution in [1.29, 1.82) is 0 Å². The minimum absolute atomic E-state index is 0.146. The molecule has 5 heteroatoms. The third kappa shape index (κ3) is 4.55. The molecule has 1 aromatic heterocycles. The van der Waals surface area contributed by atoms with Crippen molar-refractivity contribution in [2.45, 2.75) is 13.0 Å². The van der Waals surface area contributed by atoms with E-state index in [0.717, 1.165) is 32.6 Å². The molecule has 0 atom stereocenters. The van der Waals surface area contributed by atoms with Gasteiger partial charge in [-0.2, -0.15) is 5.10 Å². The zero-order valence-corrected chi connectivity index (χ0v) is 16.5. The fourth-order valence-electron chi connectivity index (χ4n) is 3.31. The van der Waals surface area contributed by atoms with E-state index >= 15 is 0 Å². The van der Waals surface area contributed by atoms with E-state index in [4.69, 9.17) is 11.6 Å². The van der Waals surface area contributed by atoms with E-state index in [9.17, 15) is 4.79 Å². The Morgan fingerprint density at radius 2 is 1.69 bits per heavy atom. The molecule has 4 rings (SSSR count). The molecule has 3 aromatic carbocycles. The van der Waals surface area contributed by atoms with Gasteiger partial charge in [0.05, 0.1) is 12.6 Å². The van der Waals surface area contributed by atoms with Crippen molar-refractivity contribution in [3.63, 3.8) is 0 Å². The van der Waals surface area contributed by atoms with Crippen molar-refractivity contribution in [3.8, 4) is 0 Å². The standard InChI is InChI=1S/C24H20ClN3O/c25-22-12-6-4-10-19(22)16-28-17-20(21-11-5-7-13-23(21)28)15-26-27-24(29)14-18-8-2-1-3-9-18/h1-13,15,17H,14,16H2,(H,27,29)/b26-15+. The molecule has 1 heterocycles. The van der Waals surface area contributed by atoms with Crippen LogP contribution in [0, 0.1) is 0 Å². The lowest BCUT2D eigenvalue weighted by molar-refractivity contribution is -0.120. The van der Waals surface area contributed by atoms with Crippen molar-refractivity contribution in [3.05, 3.63) is 107 Å². The third-order valence-electron chi connectivity index (χ3n) is 4.72. The van der Waals surface area contributed by atoms with Crippen LogP contribution in [0.25, 0.3) is 10.9 Å². The summed E-state index contributed by atoms with van der Waals surface area (Å²) in [6, 6.07) is 25.6. The molecule has 0 unspecified atom stereocenters. The summed E-state index contributed by atoms with van der Waals surface area (Å²) in [7, 11) is 0. The number of carbonyl (C=O) groups is 1. The normalized spacial score (nSPS) is 11.2. The Kier molecular flexibility index (Phi) is 5.73. The first kappa shape index (κ1) is 19.0. The lowest BCUT2D eigenvalue weighted by atomic mass is 10.1. The largest absolute Gasteiger partial charge is 0.342 e. The molecule has 0 bridgehead atoms. The van der Waals surface area contributed by atoms with Crippen LogP contribution < -0.4 is 5.43 Å². The molecule has 0 aliphatic carbocycles. The molecule has 144 valence electrons. The molecule has 0 aliphatic heterocycles. The van der Waals surface area contributed by atoms with Gasteiger partial charge < -0.3 is 4.57 Å². The lowest BCUT2D eigenvalue weighted by Crippen LogP contribution is -2.19. The topological polar surface area (TPSA) is 46.4 Å². The minimum Gasteiger partial charge on any atom is -0.342 e. The first-order valence-corrected chi connectivity index (χ1v) is 9.75. The summed E-state index contributed by atoms with van der Waals surface area (Å²) < 4.78 is 2.14. The second-order valence-corrected chi connectivity index (χ2v) is 7.18. The molecule has 4 aromatic rings. The average molecular weight is 402 g/mol. The van der Waals surface area contributed by atoms with Crippen LogP contribution in [0.4, 0.5) is 0 Å². The fraction of sp³-hybridized carbons (Fsp3) is 0.0833. The summed E-state index contributed by atoms with van der Waals surface area (Å²) in [6.07, 6.45) is 4.02. The fourth-order valence-corrected chi connectivity index (χ4v) is 3.51. The number of nitrogens with one attached hydrogen (secondary N) is 1. The molecule has 0 aliphatic rings. The molecule has 29 heavy (non-hydrogen) atoms. The van der Waals surface area contributed by atoms with Gasteiger partial charge in [0, 0.05) is 34.2 Å². The number of fused-ring (bicyclic) bond motifs is 1. The Morgan fingerprint density at radius 3 is 2.52 bits per heavy atom. The SMILES string of the molecule is O=C(Cc1ccccc1)N/N=C/c1cn(Cc2ccccc2Cl)c2ccccc12. The van der Waals surface area contributed by atoms with Gasteiger partial charge >= 0.3 is 0 Å². The Hall–Kier alpha value is -3.37. The molecule has 0 fully saturated rings. The van der Waals surface area contributed by atoms with Gasteiger partial charge in [-0.1, -0.05) is 78.3 Å². The predicted molar refractivity (Wildman–Crippen MR) is 118 cm³/mol. The molecule has 0 spiro atoms. The average Bonchev–Trinajstić information content (AvgIpc) is 3.08. The van der Waals surface area contributed by atoms with Gasteiger partial charge in [0.2, 0.25) is 5.91 Å². The van der Waals surface area contributed by atoms with Gasteiger partial charge in [-0.15, -0.1) is 0 Å². The number of hydrogen-bond acceptors (Lipinski definition) is 2.